The number of rotatable bonds is 4. The van der Waals surface area contributed by atoms with Crippen LogP contribution in [-0.2, 0) is 28.0 Å². The van der Waals surface area contributed by atoms with Crippen LogP contribution < -0.4 is 10.6 Å². The molecule has 1 saturated heterocycles. The van der Waals surface area contributed by atoms with Crippen LogP contribution in [0.1, 0.15) is 30.0 Å². The van der Waals surface area contributed by atoms with Gasteiger partial charge in [0, 0.05) is 11.8 Å². The lowest BCUT2D eigenvalue weighted by Gasteiger charge is -2.23. The number of aryl methyl sites for hydroxylation is 2. The SMILES string of the molecule is CC1(c2ccc3c(c2)CCC3)NC(=O)N(CC(=O)Nc2cc(F)cc(F)c2)C1=O. The summed E-state index contributed by atoms with van der Waals surface area (Å²) in [6.45, 7) is 1.03. The molecule has 6 nitrogen and oxygen atoms in total. The average molecular weight is 399 g/mol. The number of nitrogens with zero attached hydrogens (tertiary/aromatic N) is 1. The minimum absolute atomic E-state index is 0.0964. The lowest BCUT2D eigenvalue weighted by molar-refractivity contribution is -0.133. The first-order valence-electron chi connectivity index (χ1n) is 9.28. The highest BCUT2D eigenvalue weighted by atomic mass is 19.1. The topological polar surface area (TPSA) is 78.5 Å². The van der Waals surface area contributed by atoms with E-state index in [2.05, 4.69) is 10.6 Å². The van der Waals surface area contributed by atoms with E-state index in [0.717, 1.165) is 41.9 Å². The Kier molecular flexibility index (Phi) is 4.56. The molecule has 1 aliphatic heterocycles. The van der Waals surface area contributed by atoms with Crippen LogP contribution in [0.25, 0.3) is 0 Å². The summed E-state index contributed by atoms with van der Waals surface area (Å²) in [5, 5.41) is 4.96. The Labute approximate surface area is 165 Å². The van der Waals surface area contributed by atoms with Crippen LogP contribution in [0.5, 0.6) is 0 Å². The van der Waals surface area contributed by atoms with Crippen molar-refractivity contribution in [2.75, 3.05) is 11.9 Å². The fraction of sp³-hybridized carbons (Fsp3) is 0.286. The third-order valence-corrected chi connectivity index (χ3v) is 5.40. The second-order valence-electron chi connectivity index (χ2n) is 7.49. The lowest BCUT2D eigenvalue weighted by Crippen LogP contribution is -2.42. The van der Waals surface area contributed by atoms with Gasteiger partial charge in [0.25, 0.3) is 5.91 Å². The van der Waals surface area contributed by atoms with Gasteiger partial charge in [-0.3, -0.25) is 14.5 Å². The van der Waals surface area contributed by atoms with E-state index in [-0.39, 0.29) is 5.69 Å². The third-order valence-electron chi connectivity index (χ3n) is 5.40. The van der Waals surface area contributed by atoms with Crippen molar-refractivity contribution < 1.29 is 23.2 Å². The lowest BCUT2D eigenvalue weighted by atomic mass is 9.89. The summed E-state index contributed by atoms with van der Waals surface area (Å²) in [6.07, 6.45) is 2.99. The maximum atomic E-state index is 13.3. The Morgan fingerprint density at radius 3 is 2.52 bits per heavy atom. The molecule has 0 radical (unpaired) electrons. The molecule has 150 valence electrons. The van der Waals surface area contributed by atoms with E-state index in [1.54, 1.807) is 6.92 Å². The first-order valence-corrected chi connectivity index (χ1v) is 9.28. The fourth-order valence-corrected chi connectivity index (χ4v) is 3.89. The normalized spacial score (nSPS) is 20.6. The summed E-state index contributed by atoms with van der Waals surface area (Å²) in [4.78, 5) is 38.4. The largest absolute Gasteiger partial charge is 0.325 e. The molecule has 1 fully saturated rings. The third kappa shape index (κ3) is 3.46. The predicted octanol–water partition coefficient (Wildman–Crippen LogP) is 2.86. The summed E-state index contributed by atoms with van der Waals surface area (Å²) < 4.78 is 26.5. The molecule has 0 aromatic heterocycles. The number of halogens is 2. The second-order valence-corrected chi connectivity index (χ2v) is 7.49. The summed E-state index contributed by atoms with van der Waals surface area (Å²) in [5.41, 5.74) is 1.69. The molecule has 0 saturated carbocycles. The Balaban J connectivity index is 1.51. The zero-order valence-corrected chi connectivity index (χ0v) is 15.7. The number of nitrogens with one attached hydrogen (secondary N) is 2. The molecule has 2 aromatic carbocycles. The van der Waals surface area contributed by atoms with Gasteiger partial charge in [0.15, 0.2) is 0 Å². The van der Waals surface area contributed by atoms with E-state index in [4.69, 9.17) is 0 Å². The predicted molar refractivity (Wildman–Crippen MR) is 101 cm³/mol. The molecule has 1 atom stereocenters. The summed E-state index contributed by atoms with van der Waals surface area (Å²) in [5.74, 6) is -2.99. The highest BCUT2D eigenvalue weighted by Gasteiger charge is 2.49. The van der Waals surface area contributed by atoms with E-state index < -0.39 is 41.6 Å². The van der Waals surface area contributed by atoms with Gasteiger partial charge in [0.2, 0.25) is 5.91 Å². The van der Waals surface area contributed by atoms with Gasteiger partial charge >= 0.3 is 6.03 Å². The van der Waals surface area contributed by atoms with E-state index in [0.29, 0.717) is 11.6 Å². The minimum atomic E-state index is -1.28. The van der Waals surface area contributed by atoms with E-state index in [9.17, 15) is 23.2 Å². The van der Waals surface area contributed by atoms with Gasteiger partial charge in [-0.05, 0) is 55.0 Å². The highest BCUT2D eigenvalue weighted by molar-refractivity contribution is 6.10. The van der Waals surface area contributed by atoms with Crippen LogP contribution in [0, 0.1) is 11.6 Å². The molecule has 4 rings (SSSR count). The second kappa shape index (κ2) is 6.95. The molecule has 2 N–H and O–H groups in total. The molecule has 4 amide bonds. The van der Waals surface area contributed by atoms with Crippen molar-refractivity contribution in [1.29, 1.82) is 0 Å². The van der Waals surface area contributed by atoms with Crippen molar-refractivity contribution in [3.63, 3.8) is 0 Å². The van der Waals surface area contributed by atoms with Gasteiger partial charge in [0.05, 0.1) is 0 Å². The van der Waals surface area contributed by atoms with Gasteiger partial charge < -0.3 is 10.6 Å². The zero-order chi connectivity index (χ0) is 20.8. The molecule has 1 heterocycles. The van der Waals surface area contributed by atoms with Crippen LogP contribution in [0.2, 0.25) is 0 Å². The maximum absolute atomic E-state index is 13.3. The minimum Gasteiger partial charge on any atom is -0.324 e. The van der Waals surface area contributed by atoms with Gasteiger partial charge in [-0.15, -0.1) is 0 Å². The quantitative estimate of drug-likeness (QED) is 0.776. The van der Waals surface area contributed by atoms with E-state index in [1.807, 2.05) is 18.2 Å². The van der Waals surface area contributed by atoms with E-state index in [1.165, 1.54) is 5.56 Å². The van der Waals surface area contributed by atoms with Gasteiger partial charge in [0.1, 0.15) is 23.7 Å². The highest BCUT2D eigenvalue weighted by Crippen LogP contribution is 2.32. The molecular formula is C21H19F2N3O3. The van der Waals surface area contributed by atoms with Gasteiger partial charge in [-0.25, -0.2) is 13.6 Å². The number of carbonyl (C=O) groups excluding carboxylic acids is 3. The van der Waals surface area contributed by atoms with Crippen LogP contribution in [0.4, 0.5) is 19.3 Å². The van der Waals surface area contributed by atoms with Crippen LogP contribution in [-0.4, -0.2) is 29.3 Å². The van der Waals surface area contributed by atoms with Gasteiger partial charge in [-0.1, -0.05) is 18.2 Å². The number of urea groups is 1. The molecular weight excluding hydrogens is 380 g/mol. The van der Waals surface area contributed by atoms with Crippen molar-refractivity contribution in [2.45, 2.75) is 31.7 Å². The van der Waals surface area contributed by atoms with E-state index >= 15 is 0 Å². The number of anilines is 1. The molecule has 8 heteroatoms. The molecule has 29 heavy (non-hydrogen) atoms. The summed E-state index contributed by atoms with van der Waals surface area (Å²) >= 11 is 0. The summed E-state index contributed by atoms with van der Waals surface area (Å²) in [7, 11) is 0. The number of benzene rings is 2. The molecule has 0 bridgehead atoms. The van der Waals surface area contributed by atoms with Crippen LogP contribution in [0.15, 0.2) is 36.4 Å². The Morgan fingerprint density at radius 2 is 1.79 bits per heavy atom. The van der Waals surface area contributed by atoms with Crippen molar-refractivity contribution in [1.82, 2.24) is 10.2 Å². The number of hydrogen-bond donors (Lipinski definition) is 2. The molecule has 2 aliphatic rings. The Morgan fingerprint density at radius 1 is 1.10 bits per heavy atom. The molecule has 2 aromatic rings. The first kappa shape index (κ1) is 19.0. The first-order chi connectivity index (χ1) is 13.8. The van der Waals surface area contributed by atoms with Gasteiger partial charge in [-0.2, -0.15) is 0 Å². The fourth-order valence-electron chi connectivity index (χ4n) is 3.89. The van der Waals surface area contributed by atoms with Crippen LogP contribution >= 0.6 is 0 Å². The van der Waals surface area contributed by atoms with Crippen molar-refractivity contribution in [3.05, 3.63) is 64.7 Å². The number of amides is 4. The zero-order valence-electron chi connectivity index (χ0n) is 15.7. The van der Waals surface area contributed by atoms with Crippen molar-refractivity contribution in [3.8, 4) is 0 Å². The monoisotopic (exact) mass is 399 g/mol. The Hall–Kier alpha value is -3.29. The van der Waals surface area contributed by atoms with Crippen molar-refractivity contribution >= 4 is 23.5 Å². The molecule has 1 unspecified atom stereocenters. The standard InChI is InChI=1S/C21H19F2N3O3/c1-21(14-6-5-12-3-2-4-13(12)7-14)19(28)26(20(29)25-21)11-18(27)24-17-9-15(22)8-16(23)10-17/h5-10H,2-4,11H2,1H3,(H,24,27)(H,25,29). The molecule has 0 spiro atoms. The number of hydrogen-bond acceptors (Lipinski definition) is 3. The average Bonchev–Trinajstić information content (AvgIpc) is 3.19. The number of carbonyl (C=O) groups is 3. The maximum Gasteiger partial charge on any atom is 0.325 e. The number of imide groups is 1. The number of fused-ring (bicyclic) bond motifs is 1. The van der Waals surface area contributed by atoms with Crippen molar-refractivity contribution in [2.24, 2.45) is 0 Å². The molecule has 1 aliphatic carbocycles. The summed E-state index contributed by atoms with van der Waals surface area (Å²) in [6, 6.07) is 7.59. The van der Waals surface area contributed by atoms with Crippen LogP contribution in [0.3, 0.4) is 0 Å². The Bertz CT molecular complexity index is 1020. The smallest absolute Gasteiger partial charge is 0.324 e.